The molecule has 2 heterocycles. The smallest absolute Gasteiger partial charge is 0.315 e. The van der Waals surface area contributed by atoms with E-state index >= 15 is 0 Å². The molecule has 5 atom stereocenters. The van der Waals surface area contributed by atoms with Crippen molar-refractivity contribution in [1.82, 2.24) is 31.1 Å². The number of carbonyl (C=O) groups is 7. The first-order valence-electron chi connectivity index (χ1n) is 18.3. The number of morpholine rings is 1. The highest BCUT2D eigenvalue weighted by Crippen LogP contribution is 2.41. The minimum atomic E-state index is -1.10. The molecular formula is C38H60N6O8. The first-order chi connectivity index (χ1) is 24.1. The molecule has 3 aliphatic rings. The van der Waals surface area contributed by atoms with E-state index in [0.29, 0.717) is 12.8 Å². The zero-order chi connectivity index (χ0) is 39.2. The van der Waals surface area contributed by atoms with E-state index in [2.05, 4.69) is 34.4 Å². The van der Waals surface area contributed by atoms with E-state index in [4.69, 9.17) is 4.74 Å². The van der Waals surface area contributed by atoms with Crippen molar-refractivity contribution in [2.45, 2.75) is 112 Å². The molecule has 14 heteroatoms. The van der Waals surface area contributed by atoms with Crippen LogP contribution in [-0.2, 0) is 33.5 Å². The Labute approximate surface area is 308 Å². The Bertz CT molecular complexity index is 1390. The molecule has 0 radical (unpaired) electrons. The highest BCUT2D eigenvalue weighted by molar-refractivity contribution is 6.38. The van der Waals surface area contributed by atoms with Crippen LogP contribution in [0.15, 0.2) is 25.3 Å². The van der Waals surface area contributed by atoms with Crippen molar-refractivity contribution >= 4 is 41.4 Å². The molecule has 0 aromatic rings. The highest BCUT2D eigenvalue weighted by atomic mass is 16.5. The molecule has 0 aromatic heterocycles. The molecule has 4 N–H and O–H groups in total. The summed E-state index contributed by atoms with van der Waals surface area (Å²) in [4.78, 5) is 96.2. The lowest BCUT2D eigenvalue weighted by Gasteiger charge is -2.40. The van der Waals surface area contributed by atoms with E-state index < -0.39 is 81.8 Å². The predicted molar refractivity (Wildman–Crippen MR) is 195 cm³/mol. The number of carbonyl (C=O) groups excluding carboxylic acids is 7. The average Bonchev–Trinajstić information content (AvgIpc) is 3.49. The van der Waals surface area contributed by atoms with Crippen LogP contribution in [0.3, 0.4) is 0 Å². The van der Waals surface area contributed by atoms with Gasteiger partial charge in [-0.2, -0.15) is 0 Å². The van der Waals surface area contributed by atoms with Gasteiger partial charge in [-0.3, -0.25) is 33.7 Å². The Hall–Kier alpha value is -4.07. The molecular weight excluding hydrogens is 668 g/mol. The van der Waals surface area contributed by atoms with Gasteiger partial charge >= 0.3 is 6.03 Å². The molecule has 3 fully saturated rings. The summed E-state index contributed by atoms with van der Waals surface area (Å²) in [6.45, 7) is 22.2. The maximum atomic E-state index is 14.6. The Kier molecular flexibility index (Phi) is 14.0. The number of ether oxygens (including phenoxy) is 1. The molecule has 290 valence electrons. The molecule has 1 saturated carbocycles. The molecule has 1 unspecified atom stereocenters. The second-order valence-corrected chi connectivity index (χ2v) is 17.1. The second-order valence-electron chi connectivity index (χ2n) is 17.1. The van der Waals surface area contributed by atoms with E-state index in [0.717, 1.165) is 24.2 Å². The van der Waals surface area contributed by atoms with Crippen LogP contribution < -0.4 is 21.3 Å². The quantitative estimate of drug-likeness (QED) is 0.113. The minimum Gasteiger partial charge on any atom is -0.362 e. The standard InChI is InChI=1S/C38H60N6O8/c1-11-17-39-33(49)30(47)25(19-23-14-13-15-23)40-32(48)29-24(38(9,10)12-2)16-18-43(29)34(50)31(37(6,7)8)42-35(51)41-26(36(3,4)5)20-44-27(45)21-52-22-28(44)46/h11-12,23-26,29,31H,1-2,13-22H2,3-10H3,(H,39,49)(H,40,48)(H2,41,42,51)/t24-,25?,26+,29-,31+/m0/s1. The largest absolute Gasteiger partial charge is 0.362 e. The number of hydrogen-bond acceptors (Lipinski definition) is 8. The third-order valence-corrected chi connectivity index (χ3v) is 10.6. The Balaban J connectivity index is 1.90. The van der Waals surface area contributed by atoms with Crippen LogP contribution in [0.25, 0.3) is 0 Å². The van der Waals surface area contributed by atoms with Crippen molar-refractivity contribution in [2.24, 2.45) is 28.1 Å². The van der Waals surface area contributed by atoms with Gasteiger partial charge in [-0.1, -0.05) is 86.8 Å². The molecule has 2 aliphatic heterocycles. The molecule has 7 amide bonds. The van der Waals surface area contributed by atoms with Gasteiger partial charge in [0.2, 0.25) is 17.6 Å². The molecule has 2 saturated heterocycles. The van der Waals surface area contributed by atoms with E-state index in [9.17, 15) is 33.6 Å². The van der Waals surface area contributed by atoms with Gasteiger partial charge in [0.25, 0.3) is 17.7 Å². The zero-order valence-corrected chi connectivity index (χ0v) is 32.3. The molecule has 52 heavy (non-hydrogen) atoms. The van der Waals surface area contributed by atoms with Crippen molar-refractivity contribution in [1.29, 1.82) is 0 Å². The number of likely N-dealkylation sites (tertiary alicyclic amines) is 1. The second kappa shape index (κ2) is 17.2. The topological polar surface area (TPSA) is 183 Å². The lowest BCUT2D eigenvalue weighted by atomic mass is 9.74. The number of Topliss-reactive ketones (excluding diaryl/α,β-unsaturated/α-hetero) is 1. The fourth-order valence-electron chi connectivity index (χ4n) is 6.84. The Morgan fingerprint density at radius 1 is 0.885 bits per heavy atom. The number of amides is 7. The zero-order valence-electron chi connectivity index (χ0n) is 32.3. The molecule has 14 nitrogen and oxygen atoms in total. The van der Waals surface area contributed by atoms with Crippen molar-refractivity contribution in [3.8, 4) is 0 Å². The number of allylic oxidation sites excluding steroid dienone is 1. The van der Waals surface area contributed by atoms with Crippen LogP contribution in [0.2, 0.25) is 0 Å². The summed E-state index contributed by atoms with van der Waals surface area (Å²) in [7, 11) is 0. The summed E-state index contributed by atoms with van der Waals surface area (Å²) in [6, 6.07) is -4.55. The normalized spacial score (nSPS) is 21.7. The minimum absolute atomic E-state index is 0.0783. The van der Waals surface area contributed by atoms with Crippen LogP contribution in [-0.4, -0.2) is 108 Å². The fourth-order valence-corrected chi connectivity index (χ4v) is 6.84. The maximum Gasteiger partial charge on any atom is 0.315 e. The fraction of sp³-hybridized carbons (Fsp3) is 0.711. The van der Waals surface area contributed by atoms with Gasteiger partial charge in [0.15, 0.2) is 0 Å². The summed E-state index contributed by atoms with van der Waals surface area (Å²) < 4.78 is 5.03. The number of imide groups is 1. The van der Waals surface area contributed by atoms with Gasteiger partial charge in [-0.25, -0.2) is 4.79 Å². The van der Waals surface area contributed by atoms with Crippen LogP contribution in [0.1, 0.15) is 87.5 Å². The van der Waals surface area contributed by atoms with Crippen LogP contribution in [0.4, 0.5) is 4.79 Å². The van der Waals surface area contributed by atoms with Crippen molar-refractivity contribution in [3.05, 3.63) is 25.3 Å². The van der Waals surface area contributed by atoms with Gasteiger partial charge in [-0.05, 0) is 40.9 Å². The first-order valence-corrected chi connectivity index (χ1v) is 18.3. The number of nitrogens with zero attached hydrogens (tertiary/aromatic N) is 2. The Morgan fingerprint density at radius 2 is 1.50 bits per heavy atom. The number of nitrogens with one attached hydrogen (secondary N) is 4. The van der Waals surface area contributed by atoms with Crippen molar-refractivity contribution in [2.75, 3.05) is 32.8 Å². The number of hydrogen-bond donors (Lipinski definition) is 4. The molecule has 3 rings (SSSR count). The SMILES string of the molecule is C=CCNC(=O)C(=O)C(CC1CCC1)NC(=O)[C@@H]1[C@@H](C(C)(C)C=C)CCN1C(=O)[C@@H](NC(=O)N[C@H](CN1C(=O)COCC1=O)C(C)(C)C)C(C)(C)C. The third kappa shape index (κ3) is 10.5. The molecule has 0 aromatic carbocycles. The summed E-state index contributed by atoms with van der Waals surface area (Å²) in [6.07, 6.45) is 6.77. The van der Waals surface area contributed by atoms with E-state index in [1.165, 1.54) is 11.0 Å². The predicted octanol–water partition coefficient (Wildman–Crippen LogP) is 2.48. The summed E-state index contributed by atoms with van der Waals surface area (Å²) in [5, 5.41) is 11.1. The van der Waals surface area contributed by atoms with Gasteiger partial charge < -0.3 is 30.9 Å². The number of urea groups is 1. The molecule has 1 aliphatic carbocycles. The number of ketones is 1. The molecule has 0 bridgehead atoms. The average molecular weight is 729 g/mol. The van der Waals surface area contributed by atoms with Crippen molar-refractivity contribution in [3.63, 3.8) is 0 Å². The highest BCUT2D eigenvalue weighted by Gasteiger charge is 2.51. The molecule has 0 spiro atoms. The van der Waals surface area contributed by atoms with Gasteiger partial charge in [0, 0.05) is 19.6 Å². The summed E-state index contributed by atoms with van der Waals surface area (Å²) >= 11 is 0. The number of rotatable bonds is 15. The van der Waals surface area contributed by atoms with Gasteiger partial charge in [-0.15, -0.1) is 13.2 Å². The summed E-state index contributed by atoms with van der Waals surface area (Å²) in [5.41, 5.74) is -2.00. The monoisotopic (exact) mass is 728 g/mol. The van der Waals surface area contributed by atoms with E-state index in [-0.39, 0.29) is 44.7 Å². The van der Waals surface area contributed by atoms with Crippen LogP contribution in [0.5, 0.6) is 0 Å². The maximum absolute atomic E-state index is 14.6. The summed E-state index contributed by atoms with van der Waals surface area (Å²) in [5.74, 6) is -3.80. The first kappa shape index (κ1) is 42.3. The van der Waals surface area contributed by atoms with E-state index in [1.807, 2.05) is 34.6 Å². The van der Waals surface area contributed by atoms with Crippen LogP contribution in [0, 0.1) is 28.1 Å². The van der Waals surface area contributed by atoms with Gasteiger partial charge in [0.05, 0.1) is 12.1 Å². The lowest BCUT2D eigenvalue weighted by Crippen LogP contribution is -2.63. The van der Waals surface area contributed by atoms with Gasteiger partial charge in [0.1, 0.15) is 25.3 Å². The Morgan fingerprint density at radius 3 is 2.00 bits per heavy atom. The lowest BCUT2D eigenvalue weighted by molar-refractivity contribution is -0.159. The van der Waals surface area contributed by atoms with E-state index in [1.54, 1.807) is 26.8 Å². The van der Waals surface area contributed by atoms with Crippen LogP contribution >= 0.6 is 0 Å². The third-order valence-electron chi connectivity index (χ3n) is 10.6. The van der Waals surface area contributed by atoms with Crippen molar-refractivity contribution < 1.29 is 38.3 Å².